The van der Waals surface area contributed by atoms with Gasteiger partial charge in [0.15, 0.2) is 0 Å². The molecular formula is C6H15As. The summed E-state index contributed by atoms with van der Waals surface area (Å²) in [5.41, 5.74) is 0. The second kappa shape index (κ2) is 4.71. The Labute approximate surface area is 55.2 Å². The molecule has 0 nitrogen and oxygen atoms in total. The molecule has 0 saturated carbocycles. The van der Waals surface area contributed by atoms with E-state index in [9.17, 15) is 0 Å². The second-order valence-corrected chi connectivity index (χ2v) is 2.91. The van der Waals surface area contributed by atoms with Gasteiger partial charge >= 0.3 is 54.7 Å². The second-order valence-electron chi connectivity index (χ2n) is 1.92. The molecule has 0 aromatic rings. The van der Waals surface area contributed by atoms with Crippen LogP contribution in [0.1, 0.15) is 26.7 Å². The van der Waals surface area contributed by atoms with Crippen LogP contribution in [0.15, 0.2) is 0 Å². The fourth-order valence-corrected chi connectivity index (χ4v) is 2.02. The van der Waals surface area contributed by atoms with Crippen LogP contribution >= 0.6 is 0 Å². The summed E-state index contributed by atoms with van der Waals surface area (Å²) >= 11 is 1.87. The molecule has 0 aliphatic carbocycles. The first-order chi connectivity index (χ1) is 3.35. The van der Waals surface area contributed by atoms with Gasteiger partial charge in [0, 0.05) is 0 Å². The molecular weight excluding hydrogens is 147 g/mol. The normalized spacial score (nSPS) is 10.3. The molecule has 0 rings (SSSR count). The van der Waals surface area contributed by atoms with E-state index in [1.807, 2.05) is 16.9 Å². The molecule has 0 aliphatic heterocycles. The molecule has 0 N–H and O–H groups in total. The molecule has 0 bridgehead atoms. The molecule has 0 radical (unpaired) electrons. The Hall–Kier alpha value is 0.558. The molecule has 7 heavy (non-hydrogen) atoms. The molecule has 0 spiro atoms. The van der Waals surface area contributed by atoms with Gasteiger partial charge < -0.3 is 0 Å². The molecule has 0 aromatic heterocycles. The summed E-state index contributed by atoms with van der Waals surface area (Å²) in [5, 5.41) is 1.42. The van der Waals surface area contributed by atoms with Crippen LogP contribution in [0.2, 0.25) is 5.21 Å². The van der Waals surface area contributed by atoms with Crippen LogP contribution in [-0.4, -0.2) is 16.9 Å². The number of hydrogen-bond donors (Lipinski definition) is 0. The average Bonchev–Trinajstić information content (AvgIpc) is 1.72. The summed E-state index contributed by atoms with van der Waals surface area (Å²) < 4.78 is 0. The first-order valence-electron chi connectivity index (χ1n) is 3.05. The van der Waals surface area contributed by atoms with Gasteiger partial charge in [-0.3, -0.25) is 0 Å². The SMILES string of the molecule is CCC(CC)C[AsH2]. The molecule has 0 heterocycles. The monoisotopic (exact) mass is 162 g/mol. The predicted molar refractivity (Wildman–Crippen MR) is 37.4 cm³/mol. The maximum atomic E-state index is 2.27. The van der Waals surface area contributed by atoms with Gasteiger partial charge in [0.25, 0.3) is 0 Å². The van der Waals surface area contributed by atoms with Crippen molar-refractivity contribution in [3.8, 4) is 0 Å². The Balaban J connectivity index is 2.99. The number of rotatable bonds is 3. The molecule has 0 aromatic carbocycles. The number of hydrogen-bond acceptors (Lipinski definition) is 0. The summed E-state index contributed by atoms with van der Waals surface area (Å²) in [6.45, 7) is 4.54. The van der Waals surface area contributed by atoms with Gasteiger partial charge in [-0.2, -0.15) is 0 Å². The topological polar surface area (TPSA) is 0 Å². The van der Waals surface area contributed by atoms with Crippen LogP contribution in [0, 0.1) is 5.92 Å². The predicted octanol–water partition coefficient (Wildman–Crippen LogP) is 1.47. The van der Waals surface area contributed by atoms with Gasteiger partial charge in [-0.05, 0) is 0 Å². The van der Waals surface area contributed by atoms with Crippen LogP contribution < -0.4 is 0 Å². The molecule has 0 saturated heterocycles. The van der Waals surface area contributed by atoms with Gasteiger partial charge in [-0.25, -0.2) is 0 Å². The van der Waals surface area contributed by atoms with E-state index in [1.54, 1.807) is 0 Å². The van der Waals surface area contributed by atoms with Crippen LogP contribution in [-0.2, 0) is 0 Å². The minimum atomic E-state index is 1.01. The van der Waals surface area contributed by atoms with E-state index in [-0.39, 0.29) is 0 Å². The standard InChI is InChI=1S/C6H15As/c1-3-6(4-2)5-7/h6H,3-5,7H2,1-2H3. The minimum absolute atomic E-state index is 1.01. The van der Waals surface area contributed by atoms with Crippen molar-refractivity contribution in [2.24, 2.45) is 5.92 Å². The van der Waals surface area contributed by atoms with Gasteiger partial charge in [0.2, 0.25) is 0 Å². The molecule has 1 unspecified atom stereocenters. The summed E-state index contributed by atoms with van der Waals surface area (Å²) in [4.78, 5) is 0. The molecule has 0 amide bonds. The summed E-state index contributed by atoms with van der Waals surface area (Å²) in [6, 6.07) is 0. The van der Waals surface area contributed by atoms with Gasteiger partial charge in [0.1, 0.15) is 0 Å². The first-order valence-corrected chi connectivity index (χ1v) is 4.76. The van der Waals surface area contributed by atoms with Crippen molar-refractivity contribution < 1.29 is 0 Å². The van der Waals surface area contributed by atoms with E-state index in [4.69, 9.17) is 0 Å². The zero-order valence-electron chi connectivity index (χ0n) is 5.28. The van der Waals surface area contributed by atoms with Crippen molar-refractivity contribution >= 4 is 16.9 Å². The van der Waals surface area contributed by atoms with Gasteiger partial charge in [0.05, 0.1) is 0 Å². The van der Waals surface area contributed by atoms with Crippen LogP contribution in [0.3, 0.4) is 0 Å². The third kappa shape index (κ3) is 3.17. The Kier molecular flexibility index (Phi) is 5.09. The van der Waals surface area contributed by atoms with Crippen molar-refractivity contribution in [3.05, 3.63) is 0 Å². The van der Waals surface area contributed by atoms with Crippen LogP contribution in [0.25, 0.3) is 0 Å². The molecule has 44 valence electrons. The quantitative estimate of drug-likeness (QED) is 0.551. The van der Waals surface area contributed by atoms with Crippen molar-refractivity contribution in [2.45, 2.75) is 31.9 Å². The van der Waals surface area contributed by atoms with E-state index in [0.29, 0.717) is 0 Å². The third-order valence-electron chi connectivity index (χ3n) is 1.49. The van der Waals surface area contributed by atoms with E-state index < -0.39 is 0 Å². The van der Waals surface area contributed by atoms with Crippen LogP contribution in [0.4, 0.5) is 0 Å². The van der Waals surface area contributed by atoms with Gasteiger partial charge in [-0.15, -0.1) is 0 Å². The molecule has 0 fully saturated rings. The fraction of sp³-hybridized carbons (Fsp3) is 1.00. The fourth-order valence-electron chi connectivity index (χ4n) is 0.622. The van der Waals surface area contributed by atoms with E-state index >= 15 is 0 Å². The van der Waals surface area contributed by atoms with Crippen LogP contribution in [0.5, 0.6) is 0 Å². The molecule has 0 aliphatic rings. The Morgan fingerprint density at radius 1 is 1.29 bits per heavy atom. The Morgan fingerprint density at radius 3 is 1.71 bits per heavy atom. The van der Waals surface area contributed by atoms with Crippen molar-refractivity contribution in [1.82, 2.24) is 0 Å². The van der Waals surface area contributed by atoms with Crippen molar-refractivity contribution in [1.29, 1.82) is 0 Å². The maximum absolute atomic E-state index is 2.27. The van der Waals surface area contributed by atoms with Crippen molar-refractivity contribution in [2.75, 3.05) is 0 Å². The molecule has 1 atom stereocenters. The van der Waals surface area contributed by atoms with Gasteiger partial charge in [-0.1, -0.05) is 0 Å². The summed E-state index contributed by atoms with van der Waals surface area (Å²) in [5.74, 6) is 1.01. The summed E-state index contributed by atoms with van der Waals surface area (Å²) in [7, 11) is 0. The van der Waals surface area contributed by atoms with Crippen molar-refractivity contribution in [3.63, 3.8) is 0 Å². The Morgan fingerprint density at radius 2 is 1.71 bits per heavy atom. The first kappa shape index (κ1) is 7.56. The van der Waals surface area contributed by atoms with E-state index in [2.05, 4.69) is 13.8 Å². The average molecular weight is 162 g/mol. The molecule has 1 heteroatoms. The van der Waals surface area contributed by atoms with E-state index in [0.717, 1.165) is 5.92 Å². The Bertz CT molecular complexity index is 25.7. The zero-order chi connectivity index (χ0) is 5.70. The summed E-state index contributed by atoms with van der Waals surface area (Å²) in [6.07, 6.45) is 2.74. The van der Waals surface area contributed by atoms with E-state index in [1.165, 1.54) is 18.1 Å². The third-order valence-corrected chi connectivity index (χ3v) is 2.89. The zero-order valence-corrected chi connectivity index (χ0v) is 7.70.